The van der Waals surface area contributed by atoms with Gasteiger partial charge in [-0.15, -0.1) is 23.1 Å². The molecule has 3 amide bonds. The fourth-order valence-corrected chi connectivity index (χ4v) is 7.19. The molecule has 0 aliphatic rings. The highest BCUT2D eigenvalue weighted by molar-refractivity contribution is 9.10. The molecule has 1 atom stereocenters. The largest absolute Gasteiger partial charge is 0.378 e. The average Bonchev–Trinajstić information content (AvgIpc) is 3.63. The molecule has 6 rings (SSSR count). The summed E-state index contributed by atoms with van der Waals surface area (Å²) in [5.74, 6) is -1.13. The molecule has 1 aromatic heterocycles. The number of rotatable bonds is 12. The van der Waals surface area contributed by atoms with E-state index < -0.39 is 17.1 Å². The number of amides is 3. The standard InChI is InChI=1S/C41H34BrN5O3S2/c1-47(2)33-22-16-27(17-23-33)24-35(44-38(48)30-12-7-4-8-13-30)39(49)43-32-14-9-15-34(25-32)52-37(29-10-5-3-6-11-29)40(50)46-41-45-36(26-51-41)28-18-20-31(42)21-19-28/h3-26,37H,1-2H3,(H,43,49)(H,44,48)(H,45,46,50)/b35-24+. The second-order valence-electron chi connectivity index (χ2n) is 11.8. The van der Waals surface area contributed by atoms with Crippen LogP contribution < -0.4 is 20.9 Å². The van der Waals surface area contributed by atoms with Crippen LogP contribution in [0.4, 0.5) is 16.5 Å². The maximum Gasteiger partial charge on any atom is 0.272 e. The Bertz CT molecular complexity index is 2190. The molecule has 3 N–H and O–H groups in total. The van der Waals surface area contributed by atoms with Crippen LogP contribution in [0.3, 0.4) is 0 Å². The van der Waals surface area contributed by atoms with Crippen molar-refractivity contribution in [2.75, 3.05) is 29.6 Å². The van der Waals surface area contributed by atoms with E-state index in [-0.39, 0.29) is 11.6 Å². The first-order chi connectivity index (χ1) is 25.2. The summed E-state index contributed by atoms with van der Waals surface area (Å²) in [4.78, 5) is 48.1. The maximum atomic E-state index is 13.8. The van der Waals surface area contributed by atoms with Crippen LogP contribution in [-0.2, 0) is 9.59 Å². The normalized spacial score (nSPS) is 11.7. The lowest BCUT2D eigenvalue weighted by molar-refractivity contribution is -0.116. The molecule has 0 bridgehead atoms. The number of hydrogen-bond donors (Lipinski definition) is 3. The molecule has 0 aliphatic heterocycles. The van der Waals surface area contributed by atoms with Crippen LogP contribution >= 0.6 is 39.0 Å². The summed E-state index contributed by atoms with van der Waals surface area (Å²) >= 11 is 6.18. The molecule has 0 aliphatic carbocycles. The van der Waals surface area contributed by atoms with Crippen LogP contribution in [0.15, 0.2) is 154 Å². The first-order valence-corrected chi connectivity index (χ1v) is 18.8. The minimum absolute atomic E-state index is 0.0806. The number of thiazole rings is 1. The number of aromatic nitrogens is 1. The number of carbonyl (C=O) groups is 3. The zero-order valence-corrected chi connectivity index (χ0v) is 31.5. The smallest absolute Gasteiger partial charge is 0.272 e. The van der Waals surface area contributed by atoms with Crippen LogP contribution in [0.1, 0.15) is 26.7 Å². The Labute approximate surface area is 319 Å². The molecule has 0 saturated carbocycles. The van der Waals surface area contributed by atoms with E-state index in [9.17, 15) is 14.4 Å². The Morgan fingerprint density at radius 3 is 2.19 bits per heavy atom. The van der Waals surface area contributed by atoms with Crippen molar-refractivity contribution in [3.8, 4) is 11.3 Å². The van der Waals surface area contributed by atoms with Crippen molar-refractivity contribution in [2.24, 2.45) is 0 Å². The minimum Gasteiger partial charge on any atom is -0.378 e. The summed E-state index contributed by atoms with van der Waals surface area (Å²) in [5.41, 5.74) is 5.31. The number of anilines is 3. The van der Waals surface area contributed by atoms with E-state index in [2.05, 4.69) is 36.9 Å². The number of carbonyl (C=O) groups excluding carboxylic acids is 3. The second kappa shape index (κ2) is 17.1. The van der Waals surface area contributed by atoms with Crippen LogP contribution in [0.5, 0.6) is 0 Å². The molecule has 1 unspecified atom stereocenters. The summed E-state index contributed by atoms with van der Waals surface area (Å²) in [5, 5.41) is 10.5. The number of thioether (sulfide) groups is 1. The Balaban J connectivity index is 1.21. The van der Waals surface area contributed by atoms with Crippen molar-refractivity contribution in [3.63, 3.8) is 0 Å². The van der Waals surface area contributed by atoms with E-state index in [1.54, 1.807) is 36.4 Å². The van der Waals surface area contributed by atoms with Gasteiger partial charge < -0.3 is 20.9 Å². The summed E-state index contributed by atoms with van der Waals surface area (Å²) in [7, 11) is 3.90. The molecule has 0 saturated heterocycles. The zero-order valence-electron chi connectivity index (χ0n) is 28.2. The Hall–Kier alpha value is -5.49. The van der Waals surface area contributed by atoms with E-state index in [1.807, 2.05) is 128 Å². The van der Waals surface area contributed by atoms with Crippen molar-refractivity contribution >= 4 is 79.3 Å². The molecule has 1 heterocycles. The third-order valence-electron chi connectivity index (χ3n) is 7.81. The monoisotopic (exact) mass is 787 g/mol. The molecule has 11 heteroatoms. The fourth-order valence-electron chi connectivity index (χ4n) is 5.12. The lowest BCUT2D eigenvalue weighted by Gasteiger charge is -2.17. The quantitative estimate of drug-likeness (QED) is 0.0844. The van der Waals surface area contributed by atoms with Gasteiger partial charge in [0.2, 0.25) is 5.91 Å². The van der Waals surface area contributed by atoms with Gasteiger partial charge in [0.25, 0.3) is 11.8 Å². The van der Waals surface area contributed by atoms with Gasteiger partial charge in [0.15, 0.2) is 5.13 Å². The molecular weight excluding hydrogens is 755 g/mol. The molecule has 6 aromatic rings. The van der Waals surface area contributed by atoms with Gasteiger partial charge in [-0.1, -0.05) is 94.8 Å². The van der Waals surface area contributed by atoms with E-state index in [0.717, 1.165) is 37.4 Å². The lowest BCUT2D eigenvalue weighted by Crippen LogP contribution is -2.30. The molecule has 0 fully saturated rings. The number of nitrogens with one attached hydrogen (secondary N) is 3. The van der Waals surface area contributed by atoms with Crippen molar-refractivity contribution < 1.29 is 14.4 Å². The van der Waals surface area contributed by atoms with Gasteiger partial charge in [-0.05, 0) is 71.8 Å². The van der Waals surface area contributed by atoms with Crippen molar-refractivity contribution in [2.45, 2.75) is 10.1 Å². The molecule has 0 radical (unpaired) electrons. The summed E-state index contributed by atoms with van der Waals surface area (Å²) in [6, 6.07) is 41.0. The van der Waals surface area contributed by atoms with Crippen LogP contribution in [0, 0.1) is 0 Å². The zero-order chi connectivity index (χ0) is 36.5. The van der Waals surface area contributed by atoms with Crippen LogP contribution in [0.25, 0.3) is 17.3 Å². The molecule has 8 nitrogen and oxygen atoms in total. The Morgan fingerprint density at radius 1 is 0.808 bits per heavy atom. The molecule has 52 heavy (non-hydrogen) atoms. The fraction of sp³-hybridized carbons (Fsp3) is 0.0732. The lowest BCUT2D eigenvalue weighted by atomic mass is 10.1. The highest BCUT2D eigenvalue weighted by Gasteiger charge is 2.24. The van der Waals surface area contributed by atoms with Crippen molar-refractivity contribution in [1.29, 1.82) is 0 Å². The number of benzene rings is 5. The molecule has 0 spiro atoms. The van der Waals surface area contributed by atoms with E-state index in [1.165, 1.54) is 23.1 Å². The topological polar surface area (TPSA) is 103 Å². The van der Waals surface area contributed by atoms with Crippen LogP contribution in [0.2, 0.25) is 0 Å². The first kappa shape index (κ1) is 36.3. The third-order valence-corrected chi connectivity index (χ3v) is 10.3. The predicted octanol–water partition coefficient (Wildman–Crippen LogP) is 9.52. The van der Waals surface area contributed by atoms with E-state index in [0.29, 0.717) is 16.4 Å². The number of nitrogens with zero attached hydrogens (tertiary/aromatic N) is 2. The minimum atomic E-state index is -0.613. The van der Waals surface area contributed by atoms with E-state index in [4.69, 9.17) is 0 Å². The van der Waals surface area contributed by atoms with Crippen LogP contribution in [-0.4, -0.2) is 36.8 Å². The number of halogens is 1. The highest BCUT2D eigenvalue weighted by atomic mass is 79.9. The van der Waals surface area contributed by atoms with Gasteiger partial charge in [0.05, 0.1) is 5.69 Å². The Kier molecular flexibility index (Phi) is 12.0. The van der Waals surface area contributed by atoms with Gasteiger partial charge in [0, 0.05) is 51.3 Å². The van der Waals surface area contributed by atoms with Gasteiger partial charge in [-0.2, -0.15) is 0 Å². The SMILES string of the molecule is CN(C)c1ccc(/C=C(/NC(=O)c2ccccc2)C(=O)Nc2cccc(SC(C(=O)Nc3nc(-c4ccc(Br)cc4)cs3)c3ccccc3)c2)cc1. The predicted molar refractivity (Wildman–Crippen MR) is 217 cm³/mol. The van der Waals surface area contributed by atoms with Crippen molar-refractivity contribution in [1.82, 2.24) is 10.3 Å². The molecular formula is C41H34BrN5O3S2. The van der Waals surface area contributed by atoms with Gasteiger partial charge in [-0.25, -0.2) is 4.98 Å². The summed E-state index contributed by atoms with van der Waals surface area (Å²) in [6.07, 6.45) is 1.64. The Morgan fingerprint density at radius 2 is 1.50 bits per heavy atom. The van der Waals surface area contributed by atoms with E-state index >= 15 is 0 Å². The van der Waals surface area contributed by atoms with Gasteiger partial charge >= 0.3 is 0 Å². The average molecular weight is 789 g/mol. The highest BCUT2D eigenvalue weighted by Crippen LogP contribution is 2.38. The molecule has 5 aromatic carbocycles. The van der Waals surface area contributed by atoms with Gasteiger partial charge in [0.1, 0.15) is 10.9 Å². The van der Waals surface area contributed by atoms with Gasteiger partial charge in [-0.3, -0.25) is 14.4 Å². The number of hydrogen-bond acceptors (Lipinski definition) is 7. The van der Waals surface area contributed by atoms with Crippen molar-refractivity contribution in [3.05, 3.63) is 166 Å². The summed E-state index contributed by atoms with van der Waals surface area (Å²) < 4.78 is 0.976. The third kappa shape index (κ3) is 9.64. The summed E-state index contributed by atoms with van der Waals surface area (Å²) in [6.45, 7) is 0. The molecule has 260 valence electrons. The second-order valence-corrected chi connectivity index (χ2v) is 14.7. The first-order valence-electron chi connectivity index (χ1n) is 16.2. The maximum absolute atomic E-state index is 13.8.